The van der Waals surface area contributed by atoms with Crippen molar-refractivity contribution in [3.8, 4) is 27.9 Å². The molecule has 0 unspecified atom stereocenters. The second-order valence-electron chi connectivity index (χ2n) is 21.3. The Morgan fingerprint density at radius 1 is 0.367 bits per heavy atom. The zero-order chi connectivity index (χ0) is 53.2. The molecule has 0 saturated carbocycles. The number of benzene rings is 12. The van der Waals surface area contributed by atoms with Gasteiger partial charge in [-0.15, -0.1) is 0 Å². The summed E-state index contributed by atoms with van der Waals surface area (Å²) in [5.74, 6) is 0. The molecular weight excluding hydrogens is 955 g/mol. The number of hydrogen-bond acceptors (Lipinski definition) is 2. The van der Waals surface area contributed by atoms with Crippen LogP contribution >= 0.6 is 0 Å². The molecule has 376 valence electrons. The van der Waals surface area contributed by atoms with Crippen molar-refractivity contribution in [2.24, 2.45) is 0 Å². The zero-order valence-electron chi connectivity index (χ0n) is 44.6. The maximum atomic E-state index is 4.24. The quantitative estimate of drug-likeness (QED) is 0.120. The molecule has 0 aliphatic heterocycles. The molecule has 3 nitrogen and oxygen atoms in total. The average molecular weight is 1010 g/mol. The van der Waals surface area contributed by atoms with Gasteiger partial charge < -0.3 is 14.4 Å². The molecule has 3 heteroatoms. The minimum Gasteiger partial charge on any atom is -0.310 e. The van der Waals surface area contributed by atoms with E-state index in [0.717, 1.165) is 62.0 Å². The monoisotopic (exact) mass is 1010 g/mol. The highest BCUT2D eigenvalue weighted by molar-refractivity contribution is 6.25. The molecule has 0 saturated heterocycles. The van der Waals surface area contributed by atoms with Crippen molar-refractivity contribution in [2.75, 3.05) is 9.80 Å². The summed E-state index contributed by atoms with van der Waals surface area (Å²) in [6.45, 7) is 11.0. The molecule has 1 aliphatic rings. The largest absolute Gasteiger partial charge is 0.310 e. The number of fused-ring (bicyclic) bond motifs is 10. The summed E-state index contributed by atoms with van der Waals surface area (Å²) in [4.78, 5) is 4.76. The summed E-state index contributed by atoms with van der Waals surface area (Å²) in [5.41, 5.74) is 19.6. The molecule has 12 aromatic carbocycles. The molecule has 1 heterocycles. The van der Waals surface area contributed by atoms with Crippen LogP contribution in [0.3, 0.4) is 0 Å². The van der Waals surface area contributed by atoms with E-state index in [4.69, 9.17) is 0 Å². The van der Waals surface area contributed by atoms with Gasteiger partial charge in [0.25, 0.3) is 0 Å². The van der Waals surface area contributed by atoms with Gasteiger partial charge in [-0.25, -0.2) is 0 Å². The third-order valence-corrected chi connectivity index (χ3v) is 16.4. The maximum absolute atomic E-state index is 4.24. The Kier molecular flexibility index (Phi) is 11.6. The number of anilines is 6. The lowest BCUT2D eigenvalue weighted by Crippen LogP contribution is -2.17. The molecule has 0 amide bonds. The Balaban J connectivity index is 0.924. The highest BCUT2D eigenvalue weighted by atomic mass is 15.1. The number of allylic oxidation sites excluding steroid dienone is 5. The highest BCUT2D eigenvalue weighted by Crippen LogP contribution is 2.50. The van der Waals surface area contributed by atoms with E-state index >= 15 is 0 Å². The lowest BCUT2D eigenvalue weighted by atomic mass is 9.80. The fourth-order valence-electron chi connectivity index (χ4n) is 12.7. The first kappa shape index (κ1) is 47.5. The van der Waals surface area contributed by atoms with E-state index < -0.39 is 0 Å². The van der Waals surface area contributed by atoms with Crippen molar-refractivity contribution in [1.29, 1.82) is 0 Å². The van der Waals surface area contributed by atoms with Crippen LogP contribution in [-0.2, 0) is 5.41 Å². The van der Waals surface area contributed by atoms with Crippen molar-refractivity contribution in [2.45, 2.75) is 26.2 Å². The van der Waals surface area contributed by atoms with Gasteiger partial charge in [-0.2, -0.15) is 0 Å². The van der Waals surface area contributed by atoms with E-state index in [9.17, 15) is 0 Å². The van der Waals surface area contributed by atoms with Gasteiger partial charge in [-0.1, -0.05) is 196 Å². The minimum absolute atomic E-state index is 0.179. The van der Waals surface area contributed by atoms with Gasteiger partial charge >= 0.3 is 0 Å². The molecule has 0 spiro atoms. The standard InChI is InChI=1S/C76H57N3/c1-5-20-72-62(6-2)68-44-41-61(50-73(68)76(72,3)4)78(56-25-14-9-15-26-56)58-38-33-53(34-39-58)54-35-45-74-70(47-54)71-49-59(77(55-23-12-8-13-24-55)57-36-31-52(32-37-57)51-21-10-7-11-22-51)42-46-75(71)79(74)60-40-43-67-65-29-17-16-27-63(65)64-28-18-19-30-66(64)69(67)48-60/h5-50H,2H2,1,3-4H3/b20-5-. The van der Waals surface area contributed by atoms with Gasteiger partial charge in [0.05, 0.1) is 11.0 Å². The molecular formula is C76H57N3. The number of nitrogens with zero attached hydrogens (tertiary/aromatic N) is 3. The Labute approximate surface area is 462 Å². The smallest absolute Gasteiger partial charge is 0.0542 e. The Bertz CT molecular complexity index is 4530. The van der Waals surface area contributed by atoms with Crippen LogP contribution in [0.15, 0.2) is 291 Å². The van der Waals surface area contributed by atoms with Gasteiger partial charge in [-0.05, 0) is 187 Å². The van der Waals surface area contributed by atoms with Gasteiger partial charge in [0, 0.05) is 56.0 Å². The molecule has 1 aromatic heterocycles. The maximum Gasteiger partial charge on any atom is 0.0542 e. The molecule has 13 aromatic rings. The van der Waals surface area contributed by atoms with Crippen LogP contribution in [0.1, 0.15) is 31.9 Å². The third kappa shape index (κ3) is 7.96. The summed E-state index contributed by atoms with van der Waals surface area (Å²) in [6.07, 6.45) is 6.40. The number of hydrogen-bond donors (Lipinski definition) is 0. The first-order valence-corrected chi connectivity index (χ1v) is 27.4. The van der Waals surface area contributed by atoms with E-state index in [-0.39, 0.29) is 5.41 Å². The summed E-state index contributed by atoms with van der Waals surface area (Å²) in [6, 6.07) is 95.8. The predicted octanol–water partition coefficient (Wildman–Crippen LogP) is 21.3. The molecule has 0 atom stereocenters. The van der Waals surface area contributed by atoms with Crippen LogP contribution in [0.5, 0.6) is 0 Å². The zero-order valence-corrected chi connectivity index (χ0v) is 44.6. The molecule has 0 bridgehead atoms. The lowest BCUT2D eigenvalue weighted by molar-refractivity contribution is 0.654. The molecule has 79 heavy (non-hydrogen) atoms. The second-order valence-corrected chi connectivity index (χ2v) is 21.3. The van der Waals surface area contributed by atoms with Gasteiger partial charge in [0.15, 0.2) is 0 Å². The summed E-state index contributed by atoms with van der Waals surface area (Å²) in [5, 5.41) is 9.93. The van der Waals surface area contributed by atoms with Crippen LogP contribution in [0.25, 0.3) is 87.6 Å². The summed E-state index contributed by atoms with van der Waals surface area (Å²) >= 11 is 0. The second kappa shape index (κ2) is 19.2. The van der Waals surface area contributed by atoms with E-state index in [1.165, 1.54) is 76.5 Å². The first-order valence-electron chi connectivity index (χ1n) is 27.4. The fraction of sp³-hybridized carbons (Fsp3) is 0.0526. The highest BCUT2D eigenvalue weighted by Gasteiger charge is 2.36. The average Bonchev–Trinajstić information content (AvgIpc) is 4.11. The normalized spacial score (nSPS) is 13.1. The topological polar surface area (TPSA) is 11.4 Å². The van der Waals surface area contributed by atoms with Crippen LogP contribution in [0.4, 0.5) is 34.1 Å². The SMILES string of the molecule is C=CC1=C(/C=C\C)C(C)(C)c2cc(N(c3ccccc3)c3ccc(-c4ccc5c(c4)c4cc(N(c6ccccc6)c6ccc(-c7ccccc7)cc6)ccc4n5-c4ccc5c6ccccc6c6ccccc6c5c4)cc3)ccc21. The number of para-hydroxylation sites is 2. The van der Waals surface area contributed by atoms with Gasteiger partial charge in [0.1, 0.15) is 0 Å². The Morgan fingerprint density at radius 3 is 1.37 bits per heavy atom. The van der Waals surface area contributed by atoms with Crippen molar-refractivity contribution < 1.29 is 0 Å². The molecule has 0 N–H and O–H groups in total. The van der Waals surface area contributed by atoms with E-state index in [2.05, 4.69) is 315 Å². The van der Waals surface area contributed by atoms with Crippen molar-refractivity contribution in [3.05, 3.63) is 302 Å². The fourth-order valence-corrected chi connectivity index (χ4v) is 12.7. The van der Waals surface area contributed by atoms with Crippen molar-refractivity contribution in [3.63, 3.8) is 0 Å². The summed E-state index contributed by atoms with van der Waals surface area (Å²) < 4.78 is 2.47. The van der Waals surface area contributed by atoms with Gasteiger partial charge in [0.2, 0.25) is 0 Å². The lowest BCUT2D eigenvalue weighted by Gasteiger charge is -2.28. The van der Waals surface area contributed by atoms with Crippen molar-refractivity contribution >= 4 is 93.8 Å². The molecule has 1 aliphatic carbocycles. The number of rotatable bonds is 11. The summed E-state index contributed by atoms with van der Waals surface area (Å²) in [7, 11) is 0. The Hall–Kier alpha value is -9.96. The minimum atomic E-state index is -0.179. The van der Waals surface area contributed by atoms with Crippen LogP contribution in [-0.4, -0.2) is 4.57 Å². The van der Waals surface area contributed by atoms with Crippen LogP contribution in [0, 0.1) is 0 Å². The molecule has 0 radical (unpaired) electrons. The van der Waals surface area contributed by atoms with Crippen LogP contribution in [0.2, 0.25) is 0 Å². The number of aromatic nitrogens is 1. The third-order valence-electron chi connectivity index (χ3n) is 16.4. The molecule has 0 fully saturated rings. The van der Waals surface area contributed by atoms with E-state index in [0.29, 0.717) is 0 Å². The van der Waals surface area contributed by atoms with Crippen molar-refractivity contribution in [1.82, 2.24) is 4.57 Å². The van der Waals surface area contributed by atoms with Crippen LogP contribution < -0.4 is 9.80 Å². The van der Waals surface area contributed by atoms with E-state index in [1.54, 1.807) is 0 Å². The van der Waals surface area contributed by atoms with E-state index in [1.807, 2.05) is 6.08 Å². The predicted molar refractivity (Wildman–Crippen MR) is 338 cm³/mol. The first-order chi connectivity index (χ1) is 38.9. The van der Waals surface area contributed by atoms with Gasteiger partial charge in [-0.3, -0.25) is 0 Å². The Morgan fingerprint density at radius 2 is 0.797 bits per heavy atom. The molecule has 14 rings (SSSR count).